The number of imide groups is 1. The van der Waals surface area contributed by atoms with E-state index in [-0.39, 0.29) is 35.8 Å². The fourth-order valence-electron chi connectivity index (χ4n) is 4.15. The van der Waals surface area contributed by atoms with Gasteiger partial charge in [-0.1, -0.05) is 18.9 Å². The molecule has 3 heterocycles. The summed E-state index contributed by atoms with van der Waals surface area (Å²) < 4.78 is 6.65. The van der Waals surface area contributed by atoms with Gasteiger partial charge >= 0.3 is 5.97 Å². The molecule has 8 heteroatoms. The van der Waals surface area contributed by atoms with Crippen LogP contribution in [0.3, 0.4) is 0 Å². The Bertz CT molecular complexity index is 1000. The van der Waals surface area contributed by atoms with Crippen molar-refractivity contribution in [2.24, 2.45) is 11.8 Å². The zero-order valence-corrected chi connectivity index (χ0v) is 15.6. The summed E-state index contributed by atoms with van der Waals surface area (Å²) in [4.78, 5) is 54.6. The number of carbonyl (C=O) groups is 3. The first-order valence-corrected chi connectivity index (χ1v) is 9.45. The van der Waals surface area contributed by atoms with Gasteiger partial charge in [0.15, 0.2) is 0 Å². The minimum absolute atomic E-state index is 0.193. The molecule has 4 rings (SSSR count). The number of fused-ring (bicyclic) bond motifs is 2. The van der Waals surface area contributed by atoms with E-state index in [2.05, 4.69) is 4.98 Å². The number of aromatic nitrogens is 2. The van der Waals surface area contributed by atoms with Crippen LogP contribution in [0.25, 0.3) is 5.65 Å². The van der Waals surface area contributed by atoms with Gasteiger partial charge in [-0.3, -0.25) is 28.5 Å². The maximum atomic E-state index is 12.4. The van der Waals surface area contributed by atoms with Crippen molar-refractivity contribution in [1.29, 1.82) is 0 Å². The standard InChI is InChI=1S/C20H21N3O5/c1-12-5-4-8-16-21-13(9-17(24)23(12)16)11-28-18(25)10-22-19(26)14-6-2-3-7-15(14)20(22)27/h4-5,8-9,14-15H,2-3,6-7,10-11H2,1H3/t14-,15+. The van der Waals surface area contributed by atoms with Crippen LogP contribution in [0.5, 0.6) is 0 Å². The second-order valence-corrected chi connectivity index (χ2v) is 7.37. The number of carbonyl (C=O) groups excluding carboxylic acids is 3. The molecule has 1 saturated carbocycles. The number of nitrogens with zero attached hydrogens (tertiary/aromatic N) is 3. The fraction of sp³-hybridized carbons (Fsp3) is 0.450. The van der Waals surface area contributed by atoms with Gasteiger partial charge in [0.2, 0.25) is 11.8 Å². The van der Waals surface area contributed by atoms with E-state index >= 15 is 0 Å². The number of pyridine rings is 1. The summed E-state index contributed by atoms with van der Waals surface area (Å²) in [7, 11) is 0. The number of amides is 2. The lowest BCUT2D eigenvalue weighted by molar-refractivity contribution is -0.153. The molecule has 0 N–H and O–H groups in total. The van der Waals surface area contributed by atoms with Gasteiger partial charge in [-0.15, -0.1) is 0 Å². The van der Waals surface area contributed by atoms with Crippen LogP contribution in [0, 0.1) is 18.8 Å². The van der Waals surface area contributed by atoms with Crippen LogP contribution in [-0.4, -0.2) is 38.6 Å². The second-order valence-electron chi connectivity index (χ2n) is 7.37. The summed E-state index contributed by atoms with van der Waals surface area (Å²) in [5.74, 6) is -1.82. The van der Waals surface area contributed by atoms with Crippen LogP contribution in [0.1, 0.15) is 37.1 Å². The molecule has 0 radical (unpaired) electrons. The highest BCUT2D eigenvalue weighted by atomic mass is 16.5. The molecule has 2 atom stereocenters. The molecule has 2 aromatic rings. The Labute approximate surface area is 161 Å². The molecular weight excluding hydrogens is 362 g/mol. The lowest BCUT2D eigenvalue weighted by atomic mass is 9.81. The molecule has 2 aliphatic rings. The van der Waals surface area contributed by atoms with Crippen LogP contribution in [-0.2, 0) is 25.7 Å². The zero-order valence-electron chi connectivity index (χ0n) is 15.6. The van der Waals surface area contributed by atoms with Gasteiger partial charge in [0, 0.05) is 11.8 Å². The minimum Gasteiger partial charge on any atom is -0.458 e. The number of rotatable bonds is 4. The second kappa shape index (κ2) is 7.18. The Morgan fingerprint density at radius 3 is 2.50 bits per heavy atom. The van der Waals surface area contributed by atoms with E-state index in [9.17, 15) is 19.2 Å². The first-order valence-electron chi connectivity index (χ1n) is 9.45. The first-order chi connectivity index (χ1) is 13.5. The Hall–Kier alpha value is -3.03. The lowest BCUT2D eigenvalue weighted by Gasteiger charge is -2.19. The molecule has 0 bridgehead atoms. The van der Waals surface area contributed by atoms with Crippen molar-refractivity contribution in [2.45, 2.75) is 39.2 Å². The van der Waals surface area contributed by atoms with Crippen molar-refractivity contribution in [2.75, 3.05) is 6.54 Å². The average molecular weight is 383 g/mol. The normalized spacial score (nSPS) is 21.8. The van der Waals surface area contributed by atoms with E-state index in [1.165, 1.54) is 10.5 Å². The molecule has 1 saturated heterocycles. The van der Waals surface area contributed by atoms with E-state index in [0.29, 0.717) is 24.2 Å². The summed E-state index contributed by atoms with van der Waals surface area (Å²) in [6.45, 7) is 1.22. The SMILES string of the molecule is Cc1cccc2nc(COC(=O)CN3C(=O)[C@H]4CCCC[C@H]4C3=O)cc(=O)n12. The summed E-state index contributed by atoms with van der Waals surface area (Å²) >= 11 is 0. The third-order valence-corrected chi connectivity index (χ3v) is 5.53. The highest BCUT2D eigenvalue weighted by Gasteiger charge is 2.48. The summed E-state index contributed by atoms with van der Waals surface area (Å²) in [5.41, 5.74) is 1.28. The number of esters is 1. The molecule has 0 aromatic carbocycles. The van der Waals surface area contributed by atoms with E-state index in [1.54, 1.807) is 25.1 Å². The number of ether oxygens (including phenoxy) is 1. The van der Waals surface area contributed by atoms with Gasteiger partial charge in [-0.25, -0.2) is 4.98 Å². The molecular formula is C20H21N3O5. The van der Waals surface area contributed by atoms with E-state index in [4.69, 9.17) is 4.74 Å². The largest absolute Gasteiger partial charge is 0.458 e. The van der Waals surface area contributed by atoms with E-state index in [0.717, 1.165) is 23.4 Å². The van der Waals surface area contributed by atoms with Crippen molar-refractivity contribution < 1.29 is 19.1 Å². The topological polar surface area (TPSA) is 98.0 Å². The lowest BCUT2D eigenvalue weighted by Crippen LogP contribution is -2.36. The van der Waals surface area contributed by atoms with Crippen molar-refractivity contribution in [3.05, 3.63) is 46.0 Å². The Balaban J connectivity index is 1.42. The quantitative estimate of drug-likeness (QED) is 0.582. The Morgan fingerprint density at radius 2 is 1.82 bits per heavy atom. The van der Waals surface area contributed by atoms with Crippen LogP contribution in [0.2, 0.25) is 0 Å². The summed E-state index contributed by atoms with van der Waals surface area (Å²) in [6.07, 6.45) is 3.26. The van der Waals surface area contributed by atoms with Gasteiger partial charge in [0.25, 0.3) is 5.56 Å². The third kappa shape index (κ3) is 3.19. The van der Waals surface area contributed by atoms with Gasteiger partial charge in [0.05, 0.1) is 17.5 Å². The highest BCUT2D eigenvalue weighted by molar-refractivity contribution is 6.07. The average Bonchev–Trinajstić information content (AvgIpc) is 2.91. The Morgan fingerprint density at radius 1 is 1.14 bits per heavy atom. The maximum absolute atomic E-state index is 12.4. The van der Waals surface area contributed by atoms with Gasteiger partial charge < -0.3 is 4.74 Å². The van der Waals surface area contributed by atoms with Crippen molar-refractivity contribution in [3.8, 4) is 0 Å². The molecule has 2 amide bonds. The number of likely N-dealkylation sites (tertiary alicyclic amines) is 1. The molecule has 146 valence electrons. The van der Waals surface area contributed by atoms with Crippen LogP contribution >= 0.6 is 0 Å². The van der Waals surface area contributed by atoms with Crippen molar-refractivity contribution >= 4 is 23.4 Å². The predicted octanol–water partition coefficient (Wildman–Crippen LogP) is 1.22. The Kier molecular flexibility index (Phi) is 4.70. The molecule has 0 unspecified atom stereocenters. The van der Waals surface area contributed by atoms with Gasteiger partial charge in [-0.2, -0.15) is 0 Å². The molecule has 0 spiro atoms. The number of hydrogen-bond donors (Lipinski definition) is 0. The monoisotopic (exact) mass is 383 g/mol. The number of hydrogen-bond acceptors (Lipinski definition) is 6. The van der Waals surface area contributed by atoms with E-state index in [1.807, 2.05) is 0 Å². The number of aryl methyl sites for hydroxylation is 1. The van der Waals surface area contributed by atoms with E-state index < -0.39 is 12.5 Å². The zero-order chi connectivity index (χ0) is 19.8. The van der Waals surface area contributed by atoms with Crippen LogP contribution in [0.4, 0.5) is 0 Å². The van der Waals surface area contributed by atoms with Gasteiger partial charge in [0.1, 0.15) is 18.8 Å². The van der Waals surface area contributed by atoms with Crippen molar-refractivity contribution in [3.63, 3.8) is 0 Å². The molecule has 2 aromatic heterocycles. The molecule has 28 heavy (non-hydrogen) atoms. The van der Waals surface area contributed by atoms with Crippen LogP contribution < -0.4 is 5.56 Å². The first kappa shape index (κ1) is 18.3. The fourth-order valence-corrected chi connectivity index (χ4v) is 4.15. The molecule has 2 fully saturated rings. The van der Waals surface area contributed by atoms with Crippen molar-refractivity contribution in [1.82, 2.24) is 14.3 Å². The minimum atomic E-state index is -0.688. The van der Waals surface area contributed by atoms with Gasteiger partial charge in [-0.05, 0) is 31.9 Å². The third-order valence-electron chi connectivity index (χ3n) is 5.53. The molecule has 1 aliphatic carbocycles. The predicted molar refractivity (Wildman–Crippen MR) is 98.2 cm³/mol. The summed E-state index contributed by atoms with van der Waals surface area (Å²) in [6, 6.07) is 6.60. The molecule has 1 aliphatic heterocycles. The maximum Gasteiger partial charge on any atom is 0.326 e. The smallest absolute Gasteiger partial charge is 0.326 e. The van der Waals surface area contributed by atoms with Crippen LogP contribution in [0.15, 0.2) is 29.1 Å². The molecule has 8 nitrogen and oxygen atoms in total. The summed E-state index contributed by atoms with van der Waals surface area (Å²) in [5, 5.41) is 0. The highest BCUT2D eigenvalue weighted by Crippen LogP contribution is 2.37.